The molecule has 0 unspecified atom stereocenters. The van der Waals surface area contributed by atoms with E-state index in [0.717, 1.165) is 15.6 Å². The van der Waals surface area contributed by atoms with Crippen LogP contribution in [0.25, 0.3) is 5.69 Å². The third-order valence-electron chi connectivity index (χ3n) is 3.04. The Balaban J connectivity index is 1.82. The Morgan fingerprint density at radius 3 is 2.75 bits per heavy atom. The number of halogens is 1. The summed E-state index contributed by atoms with van der Waals surface area (Å²) < 4.78 is 14.0. The van der Waals surface area contributed by atoms with Crippen LogP contribution in [0.15, 0.2) is 53.5 Å². The second kappa shape index (κ2) is 6.28. The first-order valence-corrected chi connectivity index (χ1v) is 6.74. The molecule has 122 valence electrons. The van der Waals surface area contributed by atoms with Gasteiger partial charge < -0.3 is 0 Å². The summed E-state index contributed by atoms with van der Waals surface area (Å²) in [5.74, 6) is -0.214. The van der Waals surface area contributed by atoms with Crippen LogP contribution in [0.3, 0.4) is 0 Å². The number of hydrogen-bond donors (Lipinski definition) is 0. The summed E-state index contributed by atoms with van der Waals surface area (Å²) in [7, 11) is 1.42. The molecular weight excluding hydrogens is 319 g/mol. The van der Waals surface area contributed by atoms with Crippen LogP contribution in [-0.4, -0.2) is 38.1 Å². The minimum atomic E-state index is -0.887. The zero-order valence-corrected chi connectivity index (χ0v) is 12.4. The van der Waals surface area contributed by atoms with E-state index < -0.39 is 17.6 Å². The van der Waals surface area contributed by atoms with E-state index in [1.165, 1.54) is 31.4 Å². The zero-order chi connectivity index (χ0) is 17.1. The highest BCUT2D eigenvalue weighted by Crippen LogP contribution is 2.07. The number of tetrazole rings is 1. The van der Waals surface area contributed by atoms with Gasteiger partial charge in [-0.05, 0) is 45.6 Å². The van der Waals surface area contributed by atoms with Crippen LogP contribution < -0.4 is 15.4 Å². The maximum atomic E-state index is 13.2. The lowest BCUT2D eigenvalue weighted by Crippen LogP contribution is -2.39. The molecule has 0 saturated heterocycles. The smallest absolute Gasteiger partial charge is 0.292 e. The molecule has 0 aliphatic carbocycles. The van der Waals surface area contributed by atoms with E-state index in [9.17, 15) is 14.0 Å². The molecule has 3 rings (SSSR count). The highest BCUT2D eigenvalue weighted by molar-refractivity contribution is 5.85. The molecule has 3 aromatic rings. The van der Waals surface area contributed by atoms with Crippen LogP contribution in [0, 0.1) is 5.82 Å². The Morgan fingerprint density at radius 2 is 2.04 bits per heavy atom. The lowest BCUT2D eigenvalue weighted by Gasteiger charge is -2.13. The van der Waals surface area contributed by atoms with E-state index in [1.54, 1.807) is 18.2 Å². The van der Waals surface area contributed by atoms with Gasteiger partial charge in [-0.2, -0.15) is 4.68 Å². The molecule has 0 aliphatic heterocycles. The van der Waals surface area contributed by atoms with E-state index in [1.807, 2.05) is 0 Å². The lowest BCUT2D eigenvalue weighted by molar-refractivity contribution is 0.115. The number of pyridine rings is 1. The largest absolute Gasteiger partial charge is 0.441 e. The molecule has 24 heavy (non-hydrogen) atoms. The number of nitrogens with zero attached hydrogens (tertiary/aromatic N) is 6. The predicted octanol–water partition coefficient (Wildman–Crippen LogP) is 0.648. The third kappa shape index (κ3) is 2.97. The van der Waals surface area contributed by atoms with Gasteiger partial charge in [-0.3, -0.25) is 9.74 Å². The molecule has 2 aromatic heterocycles. The average molecular weight is 330 g/mol. The summed E-state index contributed by atoms with van der Waals surface area (Å²) in [5.41, 5.74) is -0.705. The number of amides is 1. The van der Waals surface area contributed by atoms with Gasteiger partial charge in [0.15, 0.2) is 0 Å². The van der Waals surface area contributed by atoms with Crippen LogP contribution >= 0.6 is 0 Å². The SMILES string of the molecule is CN(C(=O)On1nnn(-c2cccc(F)c2)c1=O)c1ccccn1. The van der Waals surface area contributed by atoms with E-state index in [0.29, 0.717) is 10.7 Å². The van der Waals surface area contributed by atoms with E-state index in [2.05, 4.69) is 15.4 Å². The van der Waals surface area contributed by atoms with Crippen LogP contribution in [0.2, 0.25) is 0 Å². The highest BCUT2D eigenvalue weighted by Gasteiger charge is 2.18. The Labute approximate surface area is 134 Å². The Morgan fingerprint density at radius 1 is 1.21 bits per heavy atom. The maximum Gasteiger partial charge on any atom is 0.441 e. The third-order valence-corrected chi connectivity index (χ3v) is 3.04. The summed E-state index contributed by atoms with van der Waals surface area (Å²) in [6.07, 6.45) is 0.619. The molecule has 0 fully saturated rings. The summed E-state index contributed by atoms with van der Waals surface area (Å²) in [5, 5.41) is 6.99. The molecule has 0 atom stereocenters. The minimum absolute atomic E-state index is 0.153. The van der Waals surface area contributed by atoms with Gasteiger partial charge in [0.2, 0.25) is 0 Å². The Kier molecular flexibility index (Phi) is 4.01. The molecule has 0 spiro atoms. The lowest BCUT2D eigenvalue weighted by atomic mass is 10.3. The fourth-order valence-electron chi connectivity index (χ4n) is 1.84. The number of benzene rings is 1. The van der Waals surface area contributed by atoms with Crippen molar-refractivity contribution in [1.82, 2.24) is 24.9 Å². The Bertz CT molecular complexity index is 924. The molecule has 10 heteroatoms. The van der Waals surface area contributed by atoms with Gasteiger partial charge in [0, 0.05) is 13.2 Å². The molecule has 1 amide bonds. The molecule has 0 aliphatic rings. The van der Waals surface area contributed by atoms with Gasteiger partial charge in [-0.15, -0.1) is 0 Å². The fourth-order valence-corrected chi connectivity index (χ4v) is 1.84. The van der Waals surface area contributed by atoms with Crippen LogP contribution in [-0.2, 0) is 0 Å². The van der Waals surface area contributed by atoms with Crippen molar-refractivity contribution in [2.24, 2.45) is 0 Å². The number of anilines is 1. The maximum absolute atomic E-state index is 13.2. The molecular formula is C14H11FN6O3. The van der Waals surface area contributed by atoms with E-state index in [-0.39, 0.29) is 5.69 Å². The predicted molar refractivity (Wildman–Crippen MR) is 80.2 cm³/mol. The quantitative estimate of drug-likeness (QED) is 0.654. The van der Waals surface area contributed by atoms with Gasteiger partial charge in [0.05, 0.1) is 5.69 Å². The van der Waals surface area contributed by atoms with E-state index in [4.69, 9.17) is 4.84 Å². The average Bonchev–Trinajstić information content (AvgIpc) is 2.95. The number of hydrogen-bond acceptors (Lipinski definition) is 6. The number of carbonyl (C=O) groups excluding carboxylic acids is 1. The van der Waals surface area contributed by atoms with Crippen molar-refractivity contribution in [1.29, 1.82) is 0 Å². The first-order chi connectivity index (χ1) is 11.6. The van der Waals surface area contributed by atoms with Crippen LogP contribution in [0.1, 0.15) is 0 Å². The summed E-state index contributed by atoms with van der Waals surface area (Å²) in [4.78, 5) is 34.5. The van der Waals surface area contributed by atoms with Gasteiger partial charge in [-0.1, -0.05) is 12.1 Å². The second-order valence-electron chi connectivity index (χ2n) is 4.63. The first-order valence-electron chi connectivity index (χ1n) is 6.74. The Hall–Kier alpha value is -3.56. The first kappa shape index (κ1) is 15.3. The standard InChI is InChI=1S/C14H11FN6O3/c1-19(12-7-2-3-8-16-12)14(23)24-21-13(22)20(17-18-21)11-6-4-5-10(15)9-11/h2-9H,1H3. The molecule has 0 bridgehead atoms. The molecule has 1 aromatic carbocycles. The number of aromatic nitrogens is 5. The zero-order valence-electron chi connectivity index (χ0n) is 12.4. The monoisotopic (exact) mass is 330 g/mol. The summed E-state index contributed by atoms with van der Waals surface area (Å²) >= 11 is 0. The summed E-state index contributed by atoms with van der Waals surface area (Å²) in [6, 6.07) is 10.2. The van der Waals surface area contributed by atoms with Crippen molar-refractivity contribution in [3.63, 3.8) is 0 Å². The molecule has 0 radical (unpaired) electrons. The molecule has 2 heterocycles. The topological polar surface area (TPSA) is 95.1 Å². The normalized spacial score (nSPS) is 10.4. The molecule has 0 N–H and O–H groups in total. The van der Waals surface area contributed by atoms with Crippen LogP contribution in [0.4, 0.5) is 15.0 Å². The van der Waals surface area contributed by atoms with Crippen molar-refractivity contribution in [3.8, 4) is 5.69 Å². The van der Waals surface area contributed by atoms with Crippen LogP contribution in [0.5, 0.6) is 0 Å². The van der Waals surface area contributed by atoms with Gasteiger partial charge >= 0.3 is 11.8 Å². The highest BCUT2D eigenvalue weighted by atomic mass is 19.1. The summed E-state index contributed by atoms with van der Waals surface area (Å²) in [6.45, 7) is 0. The molecule has 0 saturated carbocycles. The van der Waals surface area contributed by atoms with Gasteiger partial charge in [0.25, 0.3) is 0 Å². The second-order valence-corrected chi connectivity index (χ2v) is 4.63. The number of rotatable bonds is 3. The van der Waals surface area contributed by atoms with Crippen molar-refractivity contribution in [2.45, 2.75) is 0 Å². The van der Waals surface area contributed by atoms with E-state index >= 15 is 0 Å². The fraction of sp³-hybridized carbons (Fsp3) is 0.0714. The van der Waals surface area contributed by atoms with Crippen molar-refractivity contribution < 1.29 is 14.0 Å². The van der Waals surface area contributed by atoms with Crippen molar-refractivity contribution in [2.75, 3.05) is 11.9 Å². The van der Waals surface area contributed by atoms with Gasteiger partial charge in [0.1, 0.15) is 11.6 Å². The minimum Gasteiger partial charge on any atom is -0.292 e. The molecule has 9 nitrogen and oxygen atoms in total. The van der Waals surface area contributed by atoms with Crippen molar-refractivity contribution in [3.05, 3.63) is 65.0 Å². The number of carbonyl (C=O) groups is 1. The van der Waals surface area contributed by atoms with Crippen molar-refractivity contribution >= 4 is 11.9 Å². The van der Waals surface area contributed by atoms with Gasteiger partial charge in [-0.25, -0.2) is 19.0 Å².